The minimum absolute atomic E-state index is 0.0692. The minimum Gasteiger partial charge on any atom is -0.497 e. The number of nitrogens with one attached hydrogen (secondary N) is 3. The summed E-state index contributed by atoms with van der Waals surface area (Å²) in [4.78, 5) is 36.1. The van der Waals surface area contributed by atoms with Gasteiger partial charge in [0.2, 0.25) is 11.8 Å². The zero-order valence-corrected chi connectivity index (χ0v) is 19.3. The fourth-order valence-corrected chi connectivity index (χ4v) is 3.15. The summed E-state index contributed by atoms with van der Waals surface area (Å²) in [6, 6.07) is 15.0. The highest BCUT2D eigenvalue weighted by molar-refractivity contribution is 8.14. The molecule has 9 heteroatoms. The Balaban J connectivity index is 1.63. The Labute approximate surface area is 192 Å². The van der Waals surface area contributed by atoms with E-state index in [2.05, 4.69) is 16.2 Å². The first-order valence-corrected chi connectivity index (χ1v) is 11.2. The van der Waals surface area contributed by atoms with Gasteiger partial charge in [-0.3, -0.25) is 25.2 Å². The predicted molar refractivity (Wildman–Crippen MR) is 125 cm³/mol. The van der Waals surface area contributed by atoms with Crippen molar-refractivity contribution >= 4 is 34.5 Å². The Hall–Kier alpha value is -3.04. The average Bonchev–Trinajstić information content (AvgIpc) is 2.81. The lowest BCUT2D eigenvalue weighted by Crippen LogP contribution is -2.43. The van der Waals surface area contributed by atoms with E-state index in [-0.39, 0.29) is 24.2 Å². The fraction of sp³-hybridized carbons (Fsp3) is 0.348. The number of hydrazine groups is 1. The molecule has 2 aromatic rings. The molecule has 0 fully saturated rings. The van der Waals surface area contributed by atoms with Crippen LogP contribution in [-0.4, -0.2) is 36.5 Å². The lowest BCUT2D eigenvalue weighted by molar-refractivity contribution is -0.127. The molecule has 8 nitrogen and oxygen atoms in total. The molecular formula is C23H29N3O5S. The number of amides is 3. The van der Waals surface area contributed by atoms with Gasteiger partial charge in [-0.05, 0) is 35.7 Å². The summed E-state index contributed by atoms with van der Waals surface area (Å²) in [5.41, 5.74) is 7.37. The number of hydrogen-bond acceptors (Lipinski definition) is 6. The smallest absolute Gasteiger partial charge is 0.298 e. The van der Waals surface area contributed by atoms with Crippen LogP contribution in [0.5, 0.6) is 5.75 Å². The Kier molecular flexibility index (Phi) is 10.6. The van der Waals surface area contributed by atoms with Gasteiger partial charge in [-0.15, -0.1) is 0 Å². The fourth-order valence-electron chi connectivity index (χ4n) is 2.69. The van der Waals surface area contributed by atoms with Crippen molar-refractivity contribution < 1.29 is 23.9 Å². The molecule has 32 heavy (non-hydrogen) atoms. The highest BCUT2D eigenvalue weighted by atomic mass is 32.2. The van der Waals surface area contributed by atoms with Crippen molar-refractivity contribution in [2.75, 3.05) is 24.8 Å². The SMILES string of the molecule is CCc1ccccc1NC(=O)CSC(=O)NNC(=O)[C@H](C)COCc1ccc(OC)cc1. The molecule has 0 aromatic heterocycles. The summed E-state index contributed by atoms with van der Waals surface area (Å²) >= 11 is 0.771. The van der Waals surface area contributed by atoms with Crippen LogP contribution in [0.15, 0.2) is 48.5 Å². The Bertz CT molecular complexity index is 905. The van der Waals surface area contributed by atoms with Crippen LogP contribution in [0.25, 0.3) is 0 Å². The molecule has 0 aliphatic carbocycles. The van der Waals surface area contributed by atoms with Crippen LogP contribution < -0.4 is 20.9 Å². The van der Waals surface area contributed by atoms with Gasteiger partial charge < -0.3 is 14.8 Å². The highest BCUT2D eigenvalue weighted by Gasteiger charge is 2.15. The van der Waals surface area contributed by atoms with Crippen LogP contribution in [0.2, 0.25) is 0 Å². The number of benzene rings is 2. The normalized spacial score (nSPS) is 11.3. The molecule has 0 radical (unpaired) electrons. The Morgan fingerprint density at radius 1 is 1.03 bits per heavy atom. The van der Waals surface area contributed by atoms with Crippen LogP contribution in [0, 0.1) is 5.92 Å². The molecule has 0 aliphatic rings. The van der Waals surface area contributed by atoms with Gasteiger partial charge in [0.05, 0.1) is 32.0 Å². The van der Waals surface area contributed by atoms with Gasteiger partial charge in [-0.1, -0.05) is 55.9 Å². The summed E-state index contributed by atoms with van der Waals surface area (Å²) in [5.74, 6) is -0.446. The topological polar surface area (TPSA) is 106 Å². The number of ether oxygens (including phenoxy) is 2. The van der Waals surface area contributed by atoms with E-state index in [1.54, 1.807) is 14.0 Å². The largest absolute Gasteiger partial charge is 0.497 e. The average molecular weight is 460 g/mol. The molecule has 0 bridgehead atoms. The van der Waals surface area contributed by atoms with E-state index < -0.39 is 11.2 Å². The van der Waals surface area contributed by atoms with Crippen molar-refractivity contribution in [1.29, 1.82) is 0 Å². The molecule has 3 N–H and O–H groups in total. The van der Waals surface area contributed by atoms with Gasteiger partial charge in [0.1, 0.15) is 5.75 Å². The minimum atomic E-state index is -0.524. The lowest BCUT2D eigenvalue weighted by atomic mass is 10.1. The van der Waals surface area contributed by atoms with E-state index in [1.165, 1.54) is 0 Å². The number of para-hydroxylation sites is 1. The van der Waals surface area contributed by atoms with Crippen molar-refractivity contribution in [2.45, 2.75) is 26.9 Å². The molecule has 2 rings (SSSR count). The molecule has 0 aliphatic heterocycles. The summed E-state index contributed by atoms with van der Waals surface area (Å²) in [7, 11) is 1.60. The second-order valence-electron chi connectivity index (χ2n) is 7.01. The molecule has 0 unspecified atom stereocenters. The van der Waals surface area contributed by atoms with Crippen LogP contribution in [-0.2, 0) is 27.4 Å². The van der Waals surface area contributed by atoms with Gasteiger partial charge in [-0.2, -0.15) is 0 Å². The number of anilines is 1. The van der Waals surface area contributed by atoms with Gasteiger partial charge in [0, 0.05) is 5.69 Å². The first kappa shape index (κ1) is 25.2. The van der Waals surface area contributed by atoms with Crippen molar-refractivity contribution in [3.8, 4) is 5.75 Å². The third kappa shape index (κ3) is 8.60. The lowest BCUT2D eigenvalue weighted by Gasteiger charge is -2.13. The maximum atomic E-state index is 12.1. The van der Waals surface area contributed by atoms with Crippen molar-refractivity contribution in [3.63, 3.8) is 0 Å². The zero-order chi connectivity index (χ0) is 23.3. The summed E-state index contributed by atoms with van der Waals surface area (Å²) in [6.07, 6.45) is 0.790. The summed E-state index contributed by atoms with van der Waals surface area (Å²) in [6.45, 7) is 4.25. The van der Waals surface area contributed by atoms with E-state index in [9.17, 15) is 14.4 Å². The molecular weight excluding hydrogens is 430 g/mol. The van der Waals surface area contributed by atoms with Crippen LogP contribution >= 0.6 is 11.8 Å². The van der Waals surface area contributed by atoms with Crippen molar-refractivity contribution in [1.82, 2.24) is 10.9 Å². The van der Waals surface area contributed by atoms with Crippen molar-refractivity contribution in [3.05, 3.63) is 59.7 Å². The molecule has 0 spiro atoms. The molecule has 2 aromatic carbocycles. The number of aryl methyl sites for hydroxylation is 1. The standard InChI is InChI=1S/C23H29N3O5S/c1-4-18-7-5-6-8-20(18)24-21(27)15-32-23(29)26-25-22(28)16(2)13-31-14-17-9-11-19(30-3)12-10-17/h5-12,16H,4,13-15H2,1-3H3,(H,24,27)(H,25,28)(H,26,29)/t16-/m1/s1. The van der Waals surface area contributed by atoms with Gasteiger partial charge in [0.15, 0.2) is 0 Å². The molecule has 0 saturated heterocycles. The zero-order valence-electron chi connectivity index (χ0n) is 18.5. The van der Waals surface area contributed by atoms with Crippen LogP contribution in [0.4, 0.5) is 10.5 Å². The maximum Gasteiger partial charge on any atom is 0.298 e. The summed E-state index contributed by atoms with van der Waals surface area (Å²) < 4.78 is 10.7. The molecule has 3 amide bonds. The number of hydrogen-bond donors (Lipinski definition) is 3. The maximum absolute atomic E-state index is 12.1. The molecule has 0 heterocycles. The third-order valence-corrected chi connectivity index (χ3v) is 5.31. The number of carbonyl (C=O) groups excluding carboxylic acids is 3. The highest BCUT2D eigenvalue weighted by Crippen LogP contribution is 2.16. The Morgan fingerprint density at radius 2 is 1.75 bits per heavy atom. The molecule has 0 saturated carbocycles. The number of rotatable bonds is 10. The summed E-state index contributed by atoms with van der Waals surface area (Å²) in [5, 5.41) is 2.27. The number of methoxy groups -OCH3 is 1. The van der Waals surface area contributed by atoms with E-state index >= 15 is 0 Å². The van der Waals surface area contributed by atoms with Gasteiger partial charge in [0.25, 0.3) is 5.24 Å². The number of thioether (sulfide) groups is 1. The van der Waals surface area contributed by atoms with Gasteiger partial charge >= 0.3 is 0 Å². The monoisotopic (exact) mass is 459 g/mol. The second kappa shape index (κ2) is 13.4. The second-order valence-corrected chi connectivity index (χ2v) is 7.96. The molecule has 172 valence electrons. The quantitative estimate of drug-likeness (QED) is 0.470. The molecule has 1 atom stereocenters. The first-order chi connectivity index (χ1) is 15.4. The van der Waals surface area contributed by atoms with Crippen molar-refractivity contribution in [2.24, 2.45) is 5.92 Å². The first-order valence-electron chi connectivity index (χ1n) is 10.2. The Morgan fingerprint density at radius 3 is 2.44 bits per heavy atom. The number of carbonyl (C=O) groups is 3. The third-order valence-electron chi connectivity index (χ3n) is 4.54. The van der Waals surface area contributed by atoms with Crippen LogP contribution in [0.3, 0.4) is 0 Å². The van der Waals surface area contributed by atoms with E-state index in [1.807, 2.05) is 55.5 Å². The van der Waals surface area contributed by atoms with E-state index in [4.69, 9.17) is 9.47 Å². The van der Waals surface area contributed by atoms with Crippen LogP contribution in [0.1, 0.15) is 25.0 Å². The van der Waals surface area contributed by atoms with Gasteiger partial charge in [-0.25, -0.2) is 0 Å². The predicted octanol–water partition coefficient (Wildman–Crippen LogP) is 3.52. The van der Waals surface area contributed by atoms with E-state index in [0.29, 0.717) is 6.61 Å². The van der Waals surface area contributed by atoms with E-state index in [0.717, 1.165) is 40.7 Å².